The Morgan fingerprint density at radius 3 is 2.57 bits per heavy atom. The zero-order chi connectivity index (χ0) is 16.1. The van der Waals surface area contributed by atoms with Crippen LogP contribution in [0.3, 0.4) is 0 Å². The minimum absolute atomic E-state index is 0.0968. The number of nitrogens with one attached hydrogen (secondary N) is 1. The van der Waals surface area contributed by atoms with E-state index in [-0.39, 0.29) is 5.60 Å². The number of benzene rings is 1. The van der Waals surface area contributed by atoms with Gasteiger partial charge < -0.3 is 15.8 Å². The van der Waals surface area contributed by atoms with Crippen LogP contribution < -0.4 is 11.1 Å². The lowest BCUT2D eigenvalue weighted by Crippen LogP contribution is -2.44. The van der Waals surface area contributed by atoms with Crippen molar-refractivity contribution >= 4 is 5.57 Å². The van der Waals surface area contributed by atoms with Crippen molar-refractivity contribution in [2.75, 3.05) is 20.1 Å². The first-order chi connectivity index (χ1) is 11.4. The van der Waals surface area contributed by atoms with Crippen molar-refractivity contribution < 1.29 is 4.74 Å². The molecule has 0 atom stereocenters. The van der Waals surface area contributed by atoms with Gasteiger partial charge in [0.2, 0.25) is 0 Å². The van der Waals surface area contributed by atoms with Crippen LogP contribution in [0.2, 0.25) is 0 Å². The summed E-state index contributed by atoms with van der Waals surface area (Å²) in [6.45, 7) is 2.08. The second-order valence-electron chi connectivity index (χ2n) is 6.12. The molecule has 23 heavy (non-hydrogen) atoms. The monoisotopic (exact) mass is 310 g/mol. The summed E-state index contributed by atoms with van der Waals surface area (Å²) >= 11 is 0. The standard InChI is InChI=1S/C19H21NO.CH5N/c1-2-6-15(7-3-1)17-14-19(10-12-20-13-11-19)21-18-9-5-4-8-16(17)18;1-2/h1-4,6-8,14,20H,5,9-13H2;2H2,1H3. The summed E-state index contributed by atoms with van der Waals surface area (Å²) in [4.78, 5) is 0. The highest BCUT2D eigenvalue weighted by Crippen LogP contribution is 2.43. The van der Waals surface area contributed by atoms with E-state index in [4.69, 9.17) is 4.74 Å². The molecule has 3 aliphatic rings. The summed E-state index contributed by atoms with van der Waals surface area (Å²) in [6, 6.07) is 10.7. The molecule has 0 aromatic heterocycles. The zero-order valence-electron chi connectivity index (χ0n) is 13.8. The molecule has 1 aromatic carbocycles. The normalized spacial score (nSPS) is 21.7. The van der Waals surface area contributed by atoms with Crippen LogP contribution in [-0.4, -0.2) is 25.7 Å². The molecule has 2 heterocycles. The zero-order valence-corrected chi connectivity index (χ0v) is 13.8. The molecule has 0 amide bonds. The topological polar surface area (TPSA) is 47.3 Å². The highest BCUT2D eigenvalue weighted by molar-refractivity contribution is 5.84. The molecule has 1 fully saturated rings. The lowest BCUT2D eigenvalue weighted by atomic mass is 9.81. The molecular weight excluding hydrogens is 284 g/mol. The van der Waals surface area contributed by atoms with Crippen molar-refractivity contribution in [2.24, 2.45) is 5.73 Å². The quantitative estimate of drug-likeness (QED) is 0.836. The predicted molar refractivity (Wildman–Crippen MR) is 95.9 cm³/mol. The van der Waals surface area contributed by atoms with Gasteiger partial charge in [0.25, 0.3) is 0 Å². The Bertz CT molecular complexity index is 622. The minimum Gasteiger partial charge on any atom is -0.487 e. The molecule has 4 rings (SSSR count). The van der Waals surface area contributed by atoms with Gasteiger partial charge in [-0.05, 0) is 43.8 Å². The van der Waals surface area contributed by atoms with E-state index in [1.54, 1.807) is 0 Å². The summed E-state index contributed by atoms with van der Waals surface area (Å²) in [5.41, 5.74) is 8.35. The molecule has 1 spiro atoms. The van der Waals surface area contributed by atoms with E-state index in [0.29, 0.717) is 0 Å². The largest absolute Gasteiger partial charge is 0.487 e. The van der Waals surface area contributed by atoms with E-state index in [0.717, 1.165) is 38.8 Å². The van der Waals surface area contributed by atoms with Crippen molar-refractivity contribution in [2.45, 2.75) is 31.3 Å². The Morgan fingerprint density at radius 2 is 1.83 bits per heavy atom. The number of hydrogen-bond donors (Lipinski definition) is 2. The number of allylic oxidation sites excluding steroid dienone is 5. The van der Waals surface area contributed by atoms with E-state index in [9.17, 15) is 0 Å². The van der Waals surface area contributed by atoms with Crippen LogP contribution in [0.1, 0.15) is 31.2 Å². The summed E-state index contributed by atoms with van der Waals surface area (Å²) in [6.07, 6.45) is 11.1. The number of nitrogens with two attached hydrogens (primary N) is 1. The smallest absolute Gasteiger partial charge is 0.130 e. The van der Waals surface area contributed by atoms with E-state index >= 15 is 0 Å². The first kappa shape index (κ1) is 16.0. The Morgan fingerprint density at radius 1 is 1.09 bits per heavy atom. The SMILES string of the molecule is C1=CC2=C(CC1)OC1(C=C2c2ccccc2)CCNCC1.CN. The number of hydrogen-bond acceptors (Lipinski definition) is 3. The van der Waals surface area contributed by atoms with Crippen LogP contribution in [0, 0.1) is 0 Å². The number of piperidine rings is 1. The van der Waals surface area contributed by atoms with Crippen LogP contribution in [0.5, 0.6) is 0 Å². The van der Waals surface area contributed by atoms with Gasteiger partial charge in [0, 0.05) is 24.8 Å². The second kappa shape index (κ2) is 7.16. The van der Waals surface area contributed by atoms with Crippen molar-refractivity contribution in [3.8, 4) is 0 Å². The second-order valence-corrected chi connectivity index (χ2v) is 6.12. The Kier molecular flexibility index (Phi) is 4.99. The third-order valence-corrected chi connectivity index (χ3v) is 4.68. The fraction of sp³-hybridized carbons (Fsp3) is 0.400. The highest BCUT2D eigenvalue weighted by atomic mass is 16.5. The van der Waals surface area contributed by atoms with Gasteiger partial charge in [0.15, 0.2) is 0 Å². The molecule has 3 N–H and O–H groups in total. The molecule has 0 bridgehead atoms. The molecule has 0 unspecified atom stereocenters. The van der Waals surface area contributed by atoms with Gasteiger partial charge in [-0.15, -0.1) is 0 Å². The Labute approximate surface area is 138 Å². The van der Waals surface area contributed by atoms with Gasteiger partial charge in [0.1, 0.15) is 11.4 Å². The predicted octanol–water partition coefficient (Wildman–Crippen LogP) is 3.40. The first-order valence-electron chi connectivity index (χ1n) is 8.52. The molecule has 2 aliphatic heterocycles. The average molecular weight is 310 g/mol. The lowest BCUT2D eigenvalue weighted by Gasteiger charge is -2.41. The Balaban J connectivity index is 0.000000753. The maximum Gasteiger partial charge on any atom is 0.130 e. The van der Waals surface area contributed by atoms with Gasteiger partial charge >= 0.3 is 0 Å². The minimum atomic E-state index is -0.0968. The third kappa shape index (κ3) is 3.26. The summed E-state index contributed by atoms with van der Waals surface area (Å²) in [5, 5.41) is 3.44. The van der Waals surface area contributed by atoms with E-state index < -0.39 is 0 Å². The summed E-state index contributed by atoms with van der Waals surface area (Å²) in [7, 11) is 1.50. The molecule has 1 aromatic rings. The molecule has 122 valence electrons. The van der Waals surface area contributed by atoms with Crippen LogP contribution in [0.4, 0.5) is 0 Å². The summed E-state index contributed by atoms with van der Waals surface area (Å²) < 4.78 is 6.48. The van der Waals surface area contributed by atoms with Gasteiger partial charge in [-0.1, -0.05) is 42.5 Å². The van der Waals surface area contributed by atoms with Gasteiger partial charge in [-0.25, -0.2) is 0 Å². The molecule has 0 radical (unpaired) electrons. The third-order valence-electron chi connectivity index (χ3n) is 4.68. The van der Waals surface area contributed by atoms with Gasteiger partial charge in [0.05, 0.1) is 0 Å². The van der Waals surface area contributed by atoms with Crippen molar-refractivity contribution in [1.82, 2.24) is 5.32 Å². The van der Waals surface area contributed by atoms with E-state index in [1.807, 2.05) is 0 Å². The molecule has 1 aliphatic carbocycles. The maximum absolute atomic E-state index is 6.48. The van der Waals surface area contributed by atoms with Crippen molar-refractivity contribution in [3.05, 3.63) is 65.5 Å². The molecule has 0 saturated carbocycles. The number of ether oxygens (including phenoxy) is 1. The molecule has 3 nitrogen and oxygen atoms in total. The van der Waals surface area contributed by atoms with Gasteiger partial charge in [-0.2, -0.15) is 0 Å². The van der Waals surface area contributed by atoms with Gasteiger partial charge in [-0.3, -0.25) is 0 Å². The van der Waals surface area contributed by atoms with Crippen LogP contribution >= 0.6 is 0 Å². The van der Waals surface area contributed by atoms with E-state index in [2.05, 4.69) is 59.6 Å². The van der Waals surface area contributed by atoms with Crippen LogP contribution in [0.15, 0.2) is 59.9 Å². The average Bonchev–Trinajstić information content (AvgIpc) is 2.64. The van der Waals surface area contributed by atoms with E-state index in [1.165, 1.54) is 29.5 Å². The first-order valence-corrected chi connectivity index (χ1v) is 8.52. The van der Waals surface area contributed by atoms with Crippen molar-refractivity contribution in [3.63, 3.8) is 0 Å². The fourth-order valence-electron chi connectivity index (χ4n) is 3.56. The molecule has 1 saturated heterocycles. The maximum atomic E-state index is 6.48. The van der Waals surface area contributed by atoms with Crippen LogP contribution in [0.25, 0.3) is 5.57 Å². The Hall–Kier alpha value is -1.84. The lowest BCUT2D eigenvalue weighted by molar-refractivity contribution is 0.0107. The van der Waals surface area contributed by atoms with Crippen LogP contribution in [-0.2, 0) is 4.74 Å². The van der Waals surface area contributed by atoms with Crippen molar-refractivity contribution in [1.29, 1.82) is 0 Å². The number of rotatable bonds is 1. The fourth-order valence-corrected chi connectivity index (χ4v) is 3.56. The summed E-state index contributed by atoms with van der Waals surface area (Å²) in [5.74, 6) is 1.20. The molecular formula is C20H26N2O. The molecule has 3 heteroatoms. The highest BCUT2D eigenvalue weighted by Gasteiger charge is 2.37.